The molecule has 0 aliphatic carbocycles. The Hall–Kier alpha value is -4.63. The number of H-pyrrole nitrogens is 2. The third kappa shape index (κ3) is 4.05. The highest BCUT2D eigenvalue weighted by molar-refractivity contribution is 5.97. The Morgan fingerprint density at radius 2 is 1.89 bits per heavy atom. The van der Waals surface area contributed by atoms with Crippen LogP contribution < -0.4 is 5.32 Å². The average molecular weight is 477 g/mol. The van der Waals surface area contributed by atoms with E-state index in [0.29, 0.717) is 12.2 Å². The molecule has 0 saturated carbocycles. The first-order valence-electron chi connectivity index (χ1n) is 11.8. The lowest BCUT2D eigenvalue weighted by Gasteiger charge is -2.13. The molecule has 0 spiro atoms. The van der Waals surface area contributed by atoms with Crippen molar-refractivity contribution in [2.75, 3.05) is 5.32 Å². The molecule has 4 N–H and O–H groups in total. The standard InChI is InChI=1S/C27H24N8O/c1-2-5-24(36)31-18-10-17(12-28-13-18)16-7-8-22-19(11-16)26(35-34-22)27-32-23-15-29-14-20(25(23)33-27)21-6-3-4-9-30-21/h3-4,6-15,24,31,36H,2,5H2,1H3,(H,32,33)(H,34,35). The van der Waals surface area contributed by atoms with Crippen LogP contribution in [0, 0.1) is 0 Å². The summed E-state index contributed by atoms with van der Waals surface area (Å²) in [5.41, 5.74) is 7.59. The summed E-state index contributed by atoms with van der Waals surface area (Å²) < 4.78 is 0. The number of rotatable bonds is 7. The van der Waals surface area contributed by atoms with E-state index in [2.05, 4.69) is 41.5 Å². The third-order valence-electron chi connectivity index (χ3n) is 6.09. The largest absolute Gasteiger partial charge is 0.374 e. The number of pyridine rings is 3. The fraction of sp³-hybridized carbons (Fsp3) is 0.148. The van der Waals surface area contributed by atoms with Crippen LogP contribution in [0.2, 0.25) is 0 Å². The second-order valence-electron chi connectivity index (χ2n) is 8.63. The molecule has 0 bridgehead atoms. The van der Waals surface area contributed by atoms with Crippen molar-refractivity contribution in [1.82, 2.24) is 35.1 Å². The number of nitrogens with one attached hydrogen (secondary N) is 3. The SMILES string of the molecule is CCCC(O)Nc1cncc(-c2ccc3[nH]nc(-c4nc5c(-c6ccccn6)cncc5[nH]4)c3c2)c1. The summed E-state index contributed by atoms with van der Waals surface area (Å²) in [4.78, 5) is 21.4. The molecule has 9 nitrogen and oxygen atoms in total. The molecule has 1 aromatic carbocycles. The van der Waals surface area contributed by atoms with Gasteiger partial charge in [0.1, 0.15) is 17.4 Å². The number of nitrogens with zero attached hydrogens (tertiary/aromatic N) is 5. The fourth-order valence-electron chi connectivity index (χ4n) is 4.34. The number of imidazole rings is 1. The molecule has 0 amide bonds. The monoisotopic (exact) mass is 476 g/mol. The summed E-state index contributed by atoms with van der Waals surface area (Å²) in [6.45, 7) is 2.04. The number of aromatic nitrogens is 7. The Balaban J connectivity index is 1.40. The molecule has 36 heavy (non-hydrogen) atoms. The molecule has 0 fully saturated rings. The zero-order valence-corrected chi connectivity index (χ0v) is 19.6. The van der Waals surface area contributed by atoms with E-state index < -0.39 is 6.23 Å². The van der Waals surface area contributed by atoms with Crippen molar-refractivity contribution < 1.29 is 5.11 Å². The van der Waals surface area contributed by atoms with Gasteiger partial charge in [-0.3, -0.25) is 20.1 Å². The van der Waals surface area contributed by atoms with Crippen molar-refractivity contribution >= 4 is 27.6 Å². The molecule has 1 atom stereocenters. The van der Waals surface area contributed by atoms with Crippen LogP contribution in [0.1, 0.15) is 19.8 Å². The molecule has 5 aromatic heterocycles. The summed E-state index contributed by atoms with van der Waals surface area (Å²) in [6.07, 6.45) is 9.78. The van der Waals surface area contributed by atoms with E-state index in [1.807, 2.05) is 49.5 Å². The summed E-state index contributed by atoms with van der Waals surface area (Å²) in [5, 5.41) is 21.8. The van der Waals surface area contributed by atoms with Crippen molar-refractivity contribution in [2.45, 2.75) is 26.0 Å². The van der Waals surface area contributed by atoms with Gasteiger partial charge < -0.3 is 15.4 Å². The highest BCUT2D eigenvalue weighted by Gasteiger charge is 2.16. The van der Waals surface area contributed by atoms with Crippen LogP contribution in [0.3, 0.4) is 0 Å². The van der Waals surface area contributed by atoms with Crippen molar-refractivity contribution in [3.8, 4) is 33.9 Å². The molecular weight excluding hydrogens is 452 g/mol. The molecule has 5 heterocycles. The minimum Gasteiger partial charge on any atom is -0.374 e. The number of aliphatic hydroxyl groups is 1. The van der Waals surface area contributed by atoms with Crippen molar-refractivity contribution in [3.05, 3.63) is 73.4 Å². The quantitative estimate of drug-likeness (QED) is 0.234. The molecule has 6 aromatic rings. The summed E-state index contributed by atoms with van der Waals surface area (Å²) in [5.74, 6) is 0.648. The normalized spacial score (nSPS) is 12.3. The van der Waals surface area contributed by atoms with E-state index in [0.717, 1.165) is 62.1 Å². The van der Waals surface area contributed by atoms with Gasteiger partial charge in [-0.15, -0.1) is 0 Å². The van der Waals surface area contributed by atoms with Gasteiger partial charge in [0.15, 0.2) is 5.82 Å². The van der Waals surface area contributed by atoms with Crippen LogP contribution in [0.5, 0.6) is 0 Å². The van der Waals surface area contributed by atoms with Crippen molar-refractivity contribution in [3.63, 3.8) is 0 Å². The zero-order chi connectivity index (χ0) is 24.5. The van der Waals surface area contributed by atoms with E-state index in [-0.39, 0.29) is 0 Å². The van der Waals surface area contributed by atoms with E-state index in [9.17, 15) is 5.11 Å². The number of fused-ring (bicyclic) bond motifs is 2. The van der Waals surface area contributed by atoms with Crippen LogP contribution in [-0.2, 0) is 0 Å². The highest BCUT2D eigenvalue weighted by Crippen LogP contribution is 2.32. The lowest BCUT2D eigenvalue weighted by atomic mass is 10.0. The van der Waals surface area contributed by atoms with Gasteiger partial charge in [0.2, 0.25) is 0 Å². The first-order chi connectivity index (χ1) is 17.7. The fourth-order valence-corrected chi connectivity index (χ4v) is 4.34. The van der Waals surface area contributed by atoms with Gasteiger partial charge in [0.05, 0.1) is 34.8 Å². The van der Waals surface area contributed by atoms with E-state index >= 15 is 0 Å². The second kappa shape index (κ2) is 9.20. The molecular formula is C27H24N8O. The van der Waals surface area contributed by atoms with Crippen molar-refractivity contribution in [2.24, 2.45) is 0 Å². The van der Waals surface area contributed by atoms with Crippen LogP contribution in [-0.4, -0.2) is 46.5 Å². The Morgan fingerprint density at radius 1 is 0.972 bits per heavy atom. The lowest BCUT2D eigenvalue weighted by molar-refractivity contribution is 0.192. The first kappa shape index (κ1) is 21.9. The minimum absolute atomic E-state index is 0.603. The lowest BCUT2D eigenvalue weighted by Crippen LogP contribution is -2.18. The molecule has 178 valence electrons. The highest BCUT2D eigenvalue weighted by atomic mass is 16.3. The summed E-state index contributed by atoms with van der Waals surface area (Å²) >= 11 is 0. The third-order valence-corrected chi connectivity index (χ3v) is 6.09. The number of anilines is 1. The predicted octanol–water partition coefficient (Wildman–Crippen LogP) is 5.16. The van der Waals surface area contributed by atoms with Crippen LogP contribution in [0.4, 0.5) is 5.69 Å². The average Bonchev–Trinajstić information content (AvgIpc) is 3.53. The van der Waals surface area contributed by atoms with Crippen LogP contribution in [0.25, 0.3) is 55.8 Å². The van der Waals surface area contributed by atoms with E-state index in [4.69, 9.17) is 4.98 Å². The summed E-state index contributed by atoms with van der Waals surface area (Å²) in [7, 11) is 0. The van der Waals surface area contributed by atoms with Crippen LogP contribution >= 0.6 is 0 Å². The maximum Gasteiger partial charge on any atom is 0.159 e. The molecule has 0 radical (unpaired) electrons. The maximum atomic E-state index is 10.1. The molecule has 0 aliphatic heterocycles. The number of aliphatic hydroxyl groups excluding tert-OH is 1. The van der Waals surface area contributed by atoms with Gasteiger partial charge in [-0.1, -0.05) is 25.5 Å². The van der Waals surface area contributed by atoms with Gasteiger partial charge in [0, 0.05) is 35.1 Å². The molecule has 0 aliphatic rings. The molecule has 6 rings (SSSR count). The van der Waals surface area contributed by atoms with E-state index in [1.165, 1.54) is 0 Å². The number of hydrogen-bond donors (Lipinski definition) is 4. The maximum absolute atomic E-state index is 10.1. The second-order valence-corrected chi connectivity index (χ2v) is 8.63. The Kier molecular flexibility index (Phi) is 5.59. The van der Waals surface area contributed by atoms with Gasteiger partial charge in [-0.05, 0) is 42.3 Å². The molecule has 9 heteroatoms. The Morgan fingerprint density at radius 3 is 2.75 bits per heavy atom. The minimum atomic E-state index is -0.603. The van der Waals surface area contributed by atoms with Gasteiger partial charge in [-0.2, -0.15) is 5.10 Å². The number of benzene rings is 1. The Labute approximate surface area is 206 Å². The molecule has 0 saturated heterocycles. The smallest absolute Gasteiger partial charge is 0.159 e. The van der Waals surface area contributed by atoms with E-state index in [1.54, 1.807) is 24.8 Å². The topological polar surface area (TPSA) is 128 Å². The Bertz CT molecular complexity index is 1660. The number of hydrogen-bond acceptors (Lipinski definition) is 7. The first-order valence-corrected chi connectivity index (χ1v) is 11.8. The zero-order valence-electron chi connectivity index (χ0n) is 19.6. The molecule has 1 unspecified atom stereocenters. The van der Waals surface area contributed by atoms with Gasteiger partial charge in [-0.25, -0.2) is 4.98 Å². The van der Waals surface area contributed by atoms with Crippen LogP contribution in [0.15, 0.2) is 73.4 Å². The number of aromatic amines is 2. The van der Waals surface area contributed by atoms with Gasteiger partial charge in [0.25, 0.3) is 0 Å². The predicted molar refractivity (Wildman–Crippen MR) is 140 cm³/mol. The summed E-state index contributed by atoms with van der Waals surface area (Å²) in [6, 6.07) is 13.9. The van der Waals surface area contributed by atoms with Crippen molar-refractivity contribution in [1.29, 1.82) is 0 Å². The van der Waals surface area contributed by atoms with Gasteiger partial charge >= 0.3 is 0 Å².